The molecule has 1 heterocycles. The Labute approximate surface area is 171 Å². The van der Waals surface area contributed by atoms with E-state index in [9.17, 15) is 9.90 Å². The molecule has 3 aromatic rings. The second-order valence-electron chi connectivity index (χ2n) is 7.87. The van der Waals surface area contributed by atoms with Gasteiger partial charge in [-0.2, -0.15) is 0 Å². The summed E-state index contributed by atoms with van der Waals surface area (Å²) in [5.74, 6) is -0.118. The van der Waals surface area contributed by atoms with E-state index < -0.39 is 11.6 Å². The fourth-order valence-electron chi connectivity index (χ4n) is 3.89. The van der Waals surface area contributed by atoms with Crippen molar-refractivity contribution < 1.29 is 14.6 Å². The molecule has 0 spiro atoms. The van der Waals surface area contributed by atoms with Gasteiger partial charge in [0.25, 0.3) is 0 Å². The maximum atomic E-state index is 11.3. The van der Waals surface area contributed by atoms with E-state index in [0.717, 1.165) is 13.0 Å². The molecule has 1 unspecified atom stereocenters. The van der Waals surface area contributed by atoms with Gasteiger partial charge in [0.1, 0.15) is 5.75 Å². The highest BCUT2D eigenvalue weighted by Gasteiger charge is 2.30. The molecule has 0 aliphatic carbocycles. The maximum absolute atomic E-state index is 11.3. The summed E-state index contributed by atoms with van der Waals surface area (Å²) in [6.45, 7) is 4.05. The first-order chi connectivity index (χ1) is 14.0. The van der Waals surface area contributed by atoms with E-state index in [1.807, 2.05) is 30.3 Å². The van der Waals surface area contributed by atoms with Crippen molar-refractivity contribution >= 4 is 17.3 Å². The SMILES string of the molecule is CC(C)(Oc1ccc(C2CCN(c3ccccc3)c3ccccc32)cc1)C(=O)O. The number of carboxylic acid groups (broad SMARTS) is 1. The molecule has 148 valence electrons. The number of para-hydroxylation sites is 2. The Morgan fingerprint density at radius 3 is 2.31 bits per heavy atom. The number of hydrogen-bond donors (Lipinski definition) is 1. The minimum atomic E-state index is -1.25. The monoisotopic (exact) mass is 387 g/mol. The Bertz CT molecular complexity index is 996. The number of rotatable bonds is 5. The predicted molar refractivity (Wildman–Crippen MR) is 115 cm³/mol. The Balaban J connectivity index is 1.61. The third-order valence-electron chi connectivity index (χ3n) is 5.48. The molecule has 0 saturated heterocycles. The quantitative estimate of drug-likeness (QED) is 0.619. The van der Waals surface area contributed by atoms with E-state index in [0.29, 0.717) is 11.7 Å². The zero-order chi connectivity index (χ0) is 20.4. The molecule has 0 radical (unpaired) electrons. The van der Waals surface area contributed by atoms with Crippen molar-refractivity contribution in [1.82, 2.24) is 0 Å². The lowest BCUT2D eigenvalue weighted by molar-refractivity contribution is -0.152. The minimum Gasteiger partial charge on any atom is -0.478 e. The lowest BCUT2D eigenvalue weighted by Gasteiger charge is -2.36. The highest BCUT2D eigenvalue weighted by molar-refractivity contribution is 5.76. The molecule has 0 amide bonds. The first-order valence-electron chi connectivity index (χ1n) is 9.89. The molecule has 1 aliphatic heterocycles. The minimum absolute atomic E-state index is 0.299. The third-order valence-corrected chi connectivity index (χ3v) is 5.48. The molecule has 1 N–H and O–H groups in total. The summed E-state index contributed by atoms with van der Waals surface area (Å²) in [6, 6.07) is 26.9. The van der Waals surface area contributed by atoms with Crippen molar-refractivity contribution in [2.45, 2.75) is 31.8 Å². The van der Waals surface area contributed by atoms with Gasteiger partial charge >= 0.3 is 5.97 Å². The summed E-state index contributed by atoms with van der Waals surface area (Å²) >= 11 is 0. The standard InChI is InChI=1S/C25H25NO3/c1-25(2,24(27)28)29-20-14-12-18(13-15-20)21-16-17-26(19-8-4-3-5-9-19)23-11-7-6-10-22(21)23/h3-15,21H,16-17H2,1-2H3,(H,27,28). The number of benzene rings is 3. The zero-order valence-corrected chi connectivity index (χ0v) is 16.7. The highest BCUT2D eigenvalue weighted by Crippen LogP contribution is 2.42. The van der Waals surface area contributed by atoms with Crippen molar-refractivity contribution in [3.05, 3.63) is 90.0 Å². The number of anilines is 2. The highest BCUT2D eigenvalue weighted by atomic mass is 16.5. The smallest absolute Gasteiger partial charge is 0.347 e. The second-order valence-corrected chi connectivity index (χ2v) is 7.87. The number of ether oxygens (including phenoxy) is 1. The first-order valence-corrected chi connectivity index (χ1v) is 9.89. The van der Waals surface area contributed by atoms with Gasteiger partial charge in [-0.1, -0.05) is 48.5 Å². The lowest BCUT2D eigenvalue weighted by atomic mass is 9.84. The summed E-state index contributed by atoms with van der Waals surface area (Å²) in [6.07, 6.45) is 1.01. The molecular weight excluding hydrogens is 362 g/mol. The van der Waals surface area contributed by atoms with E-state index in [1.165, 1.54) is 22.5 Å². The molecule has 29 heavy (non-hydrogen) atoms. The molecule has 4 heteroatoms. The summed E-state index contributed by atoms with van der Waals surface area (Å²) in [5.41, 5.74) is 3.71. The average Bonchev–Trinajstić information content (AvgIpc) is 2.74. The van der Waals surface area contributed by atoms with Crippen LogP contribution >= 0.6 is 0 Å². The fourth-order valence-corrected chi connectivity index (χ4v) is 3.89. The summed E-state index contributed by atoms with van der Waals surface area (Å²) in [7, 11) is 0. The second kappa shape index (κ2) is 7.63. The van der Waals surface area contributed by atoms with Crippen LogP contribution in [0.2, 0.25) is 0 Å². The van der Waals surface area contributed by atoms with E-state index in [2.05, 4.69) is 53.4 Å². The van der Waals surface area contributed by atoms with Gasteiger partial charge in [-0.15, -0.1) is 0 Å². The summed E-state index contributed by atoms with van der Waals surface area (Å²) in [4.78, 5) is 13.7. The first kappa shape index (κ1) is 19.1. The summed E-state index contributed by atoms with van der Waals surface area (Å²) < 4.78 is 5.64. The average molecular weight is 387 g/mol. The van der Waals surface area contributed by atoms with Gasteiger partial charge in [-0.3, -0.25) is 0 Å². The van der Waals surface area contributed by atoms with Gasteiger partial charge < -0.3 is 14.7 Å². The number of hydrogen-bond acceptors (Lipinski definition) is 3. The van der Waals surface area contributed by atoms with Crippen LogP contribution in [0.4, 0.5) is 11.4 Å². The van der Waals surface area contributed by atoms with Gasteiger partial charge in [0.15, 0.2) is 5.60 Å². The molecule has 1 aliphatic rings. The molecule has 1 atom stereocenters. The van der Waals surface area contributed by atoms with Crippen molar-refractivity contribution in [2.24, 2.45) is 0 Å². The number of aliphatic carboxylic acids is 1. The van der Waals surface area contributed by atoms with Crippen molar-refractivity contribution in [1.29, 1.82) is 0 Å². The summed E-state index contributed by atoms with van der Waals surface area (Å²) in [5, 5.41) is 9.26. The molecular formula is C25H25NO3. The normalized spacial score (nSPS) is 16.2. The van der Waals surface area contributed by atoms with Crippen LogP contribution in [0.1, 0.15) is 37.3 Å². The van der Waals surface area contributed by atoms with Crippen LogP contribution in [-0.2, 0) is 4.79 Å². The Morgan fingerprint density at radius 1 is 0.966 bits per heavy atom. The molecule has 0 saturated carbocycles. The number of fused-ring (bicyclic) bond motifs is 1. The van der Waals surface area contributed by atoms with Gasteiger partial charge in [0.05, 0.1) is 0 Å². The predicted octanol–water partition coefficient (Wildman–Crippen LogP) is 5.60. The zero-order valence-electron chi connectivity index (χ0n) is 16.7. The molecule has 0 bridgehead atoms. The van der Waals surface area contributed by atoms with E-state index in [-0.39, 0.29) is 0 Å². The largest absolute Gasteiger partial charge is 0.478 e. The van der Waals surface area contributed by atoms with Crippen LogP contribution in [0.15, 0.2) is 78.9 Å². The van der Waals surface area contributed by atoms with Crippen molar-refractivity contribution in [3.63, 3.8) is 0 Å². The Kier molecular flexibility index (Phi) is 5.01. The Hall–Kier alpha value is -3.27. The topological polar surface area (TPSA) is 49.8 Å². The van der Waals surface area contributed by atoms with E-state index in [4.69, 9.17) is 4.74 Å². The lowest BCUT2D eigenvalue weighted by Crippen LogP contribution is -2.37. The van der Waals surface area contributed by atoms with E-state index >= 15 is 0 Å². The van der Waals surface area contributed by atoms with Crippen LogP contribution in [0.25, 0.3) is 0 Å². The number of carboxylic acids is 1. The molecule has 0 fully saturated rings. The van der Waals surface area contributed by atoms with E-state index in [1.54, 1.807) is 13.8 Å². The third kappa shape index (κ3) is 3.83. The molecule has 3 aromatic carbocycles. The van der Waals surface area contributed by atoms with Gasteiger partial charge in [-0.25, -0.2) is 4.79 Å². The maximum Gasteiger partial charge on any atom is 0.347 e. The number of nitrogens with zero attached hydrogens (tertiary/aromatic N) is 1. The van der Waals surface area contributed by atoms with Gasteiger partial charge in [-0.05, 0) is 61.7 Å². The molecule has 0 aromatic heterocycles. The van der Waals surface area contributed by atoms with Crippen LogP contribution in [0.3, 0.4) is 0 Å². The molecule has 4 nitrogen and oxygen atoms in total. The van der Waals surface area contributed by atoms with Crippen LogP contribution in [0, 0.1) is 0 Å². The van der Waals surface area contributed by atoms with Crippen LogP contribution in [0.5, 0.6) is 5.75 Å². The number of carbonyl (C=O) groups is 1. The Morgan fingerprint density at radius 2 is 1.62 bits per heavy atom. The van der Waals surface area contributed by atoms with Gasteiger partial charge in [0.2, 0.25) is 0 Å². The van der Waals surface area contributed by atoms with Crippen molar-refractivity contribution in [3.8, 4) is 5.75 Å². The van der Waals surface area contributed by atoms with Crippen LogP contribution < -0.4 is 9.64 Å². The van der Waals surface area contributed by atoms with Gasteiger partial charge in [0, 0.05) is 23.8 Å². The fraction of sp³-hybridized carbons (Fsp3) is 0.240. The molecule has 4 rings (SSSR count). The van der Waals surface area contributed by atoms with Crippen LogP contribution in [-0.4, -0.2) is 23.2 Å². The van der Waals surface area contributed by atoms with Crippen molar-refractivity contribution in [2.75, 3.05) is 11.4 Å².